The van der Waals surface area contributed by atoms with Crippen molar-refractivity contribution in [2.75, 3.05) is 24.7 Å². The summed E-state index contributed by atoms with van der Waals surface area (Å²) in [5.41, 5.74) is 14.6. The van der Waals surface area contributed by atoms with Gasteiger partial charge in [-0.05, 0) is 104 Å². The summed E-state index contributed by atoms with van der Waals surface area (Å²) in [5, 5.41) is 0. The minimum atomic E-state index is -4.17. The van der Waals surface area contributed by atoms with E-state index in [9.17, 15) is 26.7 Å². The second-order valence-corrected chi connectivity index (χ2v) is 12.0. The van der Waals surface area contributed by atoms with Gasteiger partial charge < -0.3 is 25.7 Å². The van der Waals surface area contributed by atoms with Crippen LogP contribution in [-0.2, 0) is 22.1 Å². The van der Waals surface area contributed by atoms with Crippen molar-refractivity contribution < 1.29 is 41.0 Å². The van der Waals surface area contributed by atoms with E-state index in [0.29, 0.717) is 36.4 Å². The first kappa shape index (κ1) is 39.2. The normalized spacial score (nSPS) is 11.9. The number of ether oxygens (including phenoxy) is 3. The molecule has 0 bridgehead atoms. The second-order valence-electron chi connectivity index (χ2n) is 12.0. The monoisotopic (exact) mass is 690 g/mol. The maximum atomic E-state index is 14.7. The quantitative estimate of drug-likeness (QED) is 0.0358. The third-order valence-corrected chi connectivity index (χ3v) is 7.86. The van der Waals surface area contributed by atoms with E-state index in [2.05, 4.69) is 0 Å². The maximum absolute atomic E-state index is 14.7. The zero-order valence-electron chi connectivity index (χ0n) is 27.8. The first-order valence-electron chi connectivity index (χ1n) is 16.9. The van der Waals surface area contributed by atoms with Gasteiger partial charge in [0.1, 0.15) is 11.5 Å². The lowest BCUT2D eigenvalue weighted by Gasteiger charge is -2.18. The summed E-state index contributed by atoms with van der Waals surface area (Å²) < 4.78 is 81.6. The van der Waals surface area contributed by atoms with Gasteiger partial charge in [0.25, 0.3) is 0 Å². The number of carbonyl (C=O) groups is 1. The smallest absolute Gasteiger partial charge is 0.426 e. The van der Waals surface area contributed by atoms with E-state index in [0.717, 1.165) is 56.2 Å². The van der Waals surface area contributed by atoms with Crippen molar-refractivity contribution in [3.63, 3.8) is 0 Å². The summed E-state index contributed by atoms with van der Waals surface area (Å²) in [5.74, 6) is -0.199. The van der Waals surface area contributed by atoms with E-state index in [1.54, 1.807) is 24.3 Å². The largest absolute Gasteiger partial charge is 0.494 e. The van der Waals surface area contributed by atoms with E-state index < -0.39 is 24.7 Å². The van der Waals surface area contributed by atoms with Gasteiger partial charge >= 0.3 is 18.3 Å². The molecule has 0 amide bonds. The maximum Gasteiger partial charge on any atom is 0.426 e. The highest BCUT2D eigenvalue weighted by Crippen LogP contribution is 2.33. The van der Waals surface area contributed by atoms with Crippen LogP contribution in [0.5, 0.6) is 11.5 Å². The Kier molecular flexibility index (Phi) is 16.2. The Balaban J connectivity index is 1.24. The first-order valence-corrected chi connectivity index (χ1v) is 16.9. The van der Waals surface area contributed by atoms with E-state index in [1.165, 1.54) is 55.3 Å². The number of hydrogen-bond acceptors (Lipinski definition) is 6. The second kappa shape index (κ2) is 20.3. The molecular weight excluding hydrogens is 643 g/mol. The van der Waals surface area contributed by atoms with Crippen LogP contribution in [0.15, 0.2) is 72.8 Å². The summed E-state index contributed by atoms with van der Waals surface area (Å²) in [7, 11) is 0. The molecule has 0 saturated heterocycles. The lowest BCUT2D eigenvalue weighted by Crippen LogP contribution is -2.21. The number of carbonyl (C=O) groups excluding carboxylic acids is 1. The van der Waals surface area contributed by atoms with Gasteiger partial charge in [0.05, 0.1) is 18.8 Å². The van der Waals surface area contributed by atoms with Crippen LogP contribution in [0.2, 0.25) is 0 Å². The lowest BCUT2D eigenvalue weighted by atomic mass is 10.0. The predicted molar refractivity (Wildman–Crippen MR) is 183 cm³/mol. The van der Waals surface area contributed by atoms with Crippen molar-refractivity contribution in [3.05, 3.63) is 89.5 Å². The predicted octanol–water partition coefficient (Wildman–Crippen LogP) is 10.4. The Morgan fingerprint density at radius 2 is 1.27 bits per heavy atom. The van der Waals surface area contributed by atoms with E-state index in [-0.39, 0.29) is 24.3 Å². The van der Waals surface area contributed by atoms with E-state index in [1.807, 2.05) is 12.1 Å². The van der Waals surface area contributed by atoms with Crippen molar-refractivity contribution in [1.29, 1.82) is 0 Å². The van der Waals surface area contributed by atoms with Gasteiger partial charge in [-0.1, -0.05) is 56.7 Å². The molecule has 0 heterocycles. The van der Waals surface area contributed by atoms with Crippen molar-refractivity contribution in [1.82, 2.24) is 0 Å². The van der Waals surface area contributed by atoms with Crippen molar-refractivity contribution in [2.45, 2.75) is 95.8 Å². The van der Waals surface area contributed by atoms with Crippen molar-refractivity contribution in [2.24, 2.45) is 0 Å². The van der Waals surface area contributed by atoms with Gasteiger partial charge in [-0.25, -0.2) is 4.79 Å². The number of nitrogen functional groups attached to an aromatic ring is 2. The van der Waals surface area contributed by atoms with Gasteiger partial charge in [-0.3, -0.25) is 0 Å². The number of esters is 1. The summed E-state index contributed by atoms with van der Waals surface area (Å²) in [6.07, 6.45) is 4.61. The molecule has 268 valence electrons. The van der Waals surface area contributed by atoms with Crippen LogP contribution < -0.4 is 20.9 Å². The van der Waals surface area contributed by atoms with Crippen LogP contribution in [0.4, 0.5) is 33.3 Å². The summed E-state index contributed by atoms with van der Waals surface area (Å²) >= 11 is 0. The Bertz CT molecular complexity index is 1430. The minimum absolute atomic E-state index is 0.0203. The Morgan fingerprint density at radius 1 is 0.673 bits per heavy atom. The van der Waals surface area contributed by atoms with Crippen LogP contribution >= 0.6 is 0 Å². The average Bonchev–Trinajstić information content (AvgIpc) is 3.05. The van der Waals surface area contributed by atoms with Crippen LogP contribution in [0.25, 0.3) is 6.08 Å². The number of halogens is 5. The number of anilines is 2. The fourth-order valence-corrected chi connectivity index (χ4v) is 5.10. The fraction of sp³-hybridized carbons (Fsp3) is 0.447. The van der Waals surface area contributed by atoms with Crippen LogP contribution in [0.3, 0.4) is 0 Å². The van der Waals surface area contributed by atoms with Crippen molar-refractivity contribution >= 4 is 23.4 Å². The van der Waals surface area contributed by atoms with Crippen molar-refractivity contribution in [3.8, 4) is 11.5 Å². The molecule has 3 aromatic rings. The molecule has 0 radical (unpaired) electrons. The van der Waals surface area contributed by atoms with Gasteiger partial charge in [0, 0.05) is 23.9 Å². The van der Waals surface area contributed by atoms with Gasteiger partial charge in [-0.15, -0.1) is 0 Å². The topological polar surface area (TPSA) is 96.8 Å². The molecule has 4 N–H and O–H groups in total. The number of rotatable bonds is 22. The highest BCUT2D eigenvalue weighted by Gasteiger charge is 2.34. The van der Waals surface area contributed by atoms with Crippen LogP contribution in [0.1, 0.15) is 93.7 Å². The third-order valence-electron chi connectivity index (χ3n) is 7.86. The molecule has 11 heteroatoms. The van der Waals surface area contributed by atoms with E-state index >= 15 is 0 Å². The van der Waals surface area contributed by atoms with Crippen LogP contribution in [0, 0.1) is 0 Å². The Morgan fingerprint density at radius 3 is 1.92 bits per heavy atom. The van der Waals surface area contributed by atoms with Gasteiger partial charge in [0.2, 0.25) is 0 Å². The number of hydrogen-bond donors (Lipinski definition) is 2. The molecule has 0 atom stereocenters. The Labute approximate surface area is 285 Å². The zero-order valence-corrected chi connectivity index (χ0v) is 27.8. The Hall–Kier alpha value is -4.28. The SMILES string of the molecule is Nc1ccc(CCCCCCCCCCOC(=O)/C=C/c2ccc(OC(F)(F)c3ccc(OCCCCCC(F)(F)F)cc3)cc2)c(N)c1. The highest BCUT2D eigenvalue weighted by molar-refractivity contribution is 5.87. The molecule has 6 nitrogen and oxygen atoms in total. The molecular formula is C38H47F5N2O4. The number of alkyl halides is 5. The number of aryl methyl sites for hydroxylation is 1. The summed E-state index contributed by atoms with van der Waals surface area (Å²) in [4.78, 5) is 12.1. The first-order chi connectivity index (χ1) is 23.4. The van der Waals surface area contributed by atoms with Gasteiger partial charge in [0.15, 0.2) is 0 Å². The third kappa shape index (κ3) is 16.1. The number of nitrogens with two attached hydrogens (primary N) is 2. The summed E-state index contributed by atoms with van der Waals surface area (Å²) in [6, 6.07) is 16.6. The average molecular weight is 691 g/mol. The molecule has 3 rings (SSSR count). The number of benzene rings is 3. The molecule has 0 saturated carbocycles. The minimum Gasteiger partial charge on any atom is -0.494 e. The zero-order chi connectivity index (χ0) is 35.5. The fourth-order valence-electron chi connectivity index (χ4n) is 5.10. The molecule has 49 heavy (non-hydrogen) atoms. The van der Waals surface area contributed by atoms with Gasteiger partial charge in [-0.2, -0.15) is 22.0 Å². The lowest BCUT2D eigenvalue weighted by molar-refractivity contribution is -0.185. The number of unbranched alkanes of at least 4 members (excludes halogenated alkanes) is 9. The standard InChI is InChI=1S/C38H47F5N2O4/c39-37(40,41)25-9-7-11-26-47-33-22-17-31(18-23-33)38(42,43)49-34-20-13-29(14-21-34)15-24-36(46)48-27-10-6-4-2-1-3-5-8-12-30-16-19-32(44)28-35(30)45/h13-24,28H,1-12,25-27,44-45H2/b24-15+. The molecule has 0 aliphatic rings. The van der Waals surface area contributed by atoms with Crippen LogP contribution in [-0.4, -0.2) is 25.4 Å². The highest BCUT2D eigenvalue weighted by atomic mass is 19.4. The molecule has 0 aliphatic carbocycles. The molecule has 0 aliphatic heterocycles. The molecule has 3 aromatic carbocycles. The summed E-state index contributed by atoms with van der Waals surface area (Å²) in [6.45, 7) is 0.529. The van der Waals surface area contributed by atoms with E-state index in [4.69, 9.17) is 25.7 Å². The molecule has 0 spiro atoms. The molecule has 0 unspecified atom stereocenters. The molecule has 0 aromatic heterocycles. The molecule has 0 fully saturated rings.